The molecule has 2 amide bonds. The number of nitrogens with one attached hydrogen (secondary N) is 1. The molecule has 17 heavy (non-hydrogen) atoms. The summed E-state index contributed by atoms with van der Waals surface area (Å²) in [5.74, 6) is -0.293. The van der Waals surface area contributed by atoms with Crippen molar-refractivity contribution >= 4 is 24.2 Å². The van der Waals surface area contributed by atoms with Crippen LogP contribution in [0.3, 0.4) is 0 Å². The van der Waals surface area contributed by atoms with Crippen LogP contribution in [0.15, 0.2) is 0 Å². The maximum atomic E-state index is 11.7. The molecule has 0 fully saturated rings. The molecule has 5 nitrogen and oxygen atoms in total. The molecule has 0 aromatic carbocycles. The van der Waals surface area contributed by atoms with Gasteiger partial charge in [-0.05, 0) is 19.8 Å². The number of hydrogen-bond acceptors (Lipinski definition) is 3. The predicted octanol–water partition coefficient (Wildman–Crippen LogP) is 0.375. The van der Waals surface area contributed by atoms with Gasteiger partial charge in [0.1, 0.15) is 0 Å². The molecule has 0 heterocycles. The van der Waals surface area contributed by atoms with Crippen LogP contribution in [-0.2, 0) is 9.59 Å². The maximum Gasteiger partial charge on any atom is 0.239 e. The highest BCUT2D eigenvalue weighted by Gasteiger charge is 2.22. The Morgan fingerprint density at radius 2 is 1.71 bits per heavy atom. The molecule has 0 aromatic rings. The van der Waals surface area contributed by atoms with Crippen LogP contribution in [0, 0.1) is 5.92 Å². The minimum atomic E-state index is -0.545. The van der Waals surface area contributed by atoms with Gasteiger partial charge in [0, 0.05) is 13.1 Å². The molecule has 0 rings (SSSR count). The number of amides is 2. The van der Waals surface area contributed by atoms with Gasteiger partial charge in [0.25, 0.3) is 0 Å². The van der Waals surface area contributed by atoms with Crippen molar-refractivity contribution in [1.82, 2.24) is 10.2 Å². The molecule has 0 radical (unpaired) electrons. The van der Waals surface area contributed by atoms with Gasteiger partial charge in [0.2, 0.25) is 11.8 Å². The van der Waals surface area contributed by atoms with Crippen molar-refractivity contribution in [1.29, 1.82) is 0 Å². The second-order valence-corrected chi connectivity index (χ2v) is 4.69. The van der Waals surface area contributed by atoms with Gasteiger partial charge in [0.15, 0.2) is 0 Å². The van der Waals surface area contributed by atoms with Crippen molar-refractivity contribution in [3.63, 3.8) is 0 Å². The van der Waals surface area contributed by atoms with E-state index in [1.807, 2.05) is 27.7 Å². The molecule has 102 valence electrons. The first-order valence-corrected chi connectivity index (χ1v) is 5.55. The van der Waals surface area contributed by atoms with Gasteiger partial charge in [-0.25, -0.2) is 0 Å². The molecule has 0 aromatic heterocycles. The van der Waals surface area contributed by atoms with E-state index in [0.717, 1.165) is 0 Å². The Morgan fingerprint density at radius 3 is 2.06 bits per heavy atom. The smallest absolute Gasteiger partial charge is 0.239 e. The Labute approximate surface area is 110 Å². The highest BCUT2D eigenvalue weighted by atomic mass is 35.5. The zero-order chi connectivity index (χ0) is 12.9. The normalized spacial score (nSPS) is 12.0. The summed E-state index contributed by atoms with van der Waals surface area (Å²) in [6, 6.07) is -0.466. The standard InChI is InChI=1S/C11H23N3O2.ClH/c1-7(2)10(12)11(16)14(5)6-9(15)13-8(3)4;/h7-8,10H,6,12H2,1-5H3,(H,13,15);1H/t10-;/m0./s1. The first kappa shape index (κ1) is 18.6. The largest absolute Gasteiger partial charge is 0.352 e. The number of hydrogen-bond donors (Lipinski definition) is 2. The topological polar surface area (TPSA) is 75.4 Å². The fraction of sp³-hybridized carbons (Fsp3) is 0.818. The number of nitrogens with two attached hydrogens (primary N) is 1. The molecular formula is C11H24ClN3O2. The molecule has 0 aliphatic heterocycles. The Morgan fingerprint density at radius 1 is 1.24 bits per heavy atom. The zero-order valence-corrected chi connectivity index (χ0v) is 12.0. The summed E-state index contributed by atoms with van der Waals surface area (Å²) in [6.45, 7) is 7.56. The van der Waals surface area contributed by atoms with Crippen LogP contribution < -0.4 is 11.1 Å². The average Bonchev–Trinajstić information content (AvgIpc) is 2.13. The lowest BCUT2D eigenvalue weighted by Crippen LogP contribution is -2.48. The minimum absolute atomic E-state index is 0. The molecule has 0 aliphatic carbocycles. The number of carbonyl (C=O) groups is 2. The van der Waals surface area contributed by atoms with E-state index >= 15 is 0 Å². The van der Waals surface area contributed by atoms with Gasteiger partial charge < -0.3 is 16.0 Å². The van der Waals surface area contributed by atoms with E-state index in [4.69, 9.17) is 5.73 Å². The number of carbonyl (C=O) groups excluding carboxylic acids is 2. The predicted molar refractivity (Wildman–Crippen MR) is 71.0 cm³/mol. The number of halogens is 1. The number of likely N-dealkylation sites (N-methyl/N-ethyl adjacent to an activating group) is 1. The summed E-state index contributed by atoms with van der Waals surface area (Å²) in [5, 5.41) is 2.72. The molecule has 1 atom stereocenters. The van der Waals surface area contributed by atoms with Gasteiger partial charge in [0.05, 0.1) is 12.6 Å². The summed E-state index contributed by atoms with van der Waals surface area (Å²) in [5.41, 5.74) is 5.71. The Hall–Kier alpha value is -0.810. The molecule has 0 saturated carbocycles. The summed E-state index contributed by atoms with van der Waals surface area (Å²) < 4.78 is 0. The molecule has 0 saturated heterocycles. The Bertz CT molecular complexity index is 257. The van der Waals surface area contributed by atoms with Crippen LogP contribution in [0.25, 0.3) is 0 Å². The molecular weight excluding hydrogens is 242 g/mol. The molecule has 0 bridgehead atoms. The van der Waals surface area contributed by atoms with E-state index in [9.17, 15) is 9.59 Å². The Kier molecular flexibility index (Phi) is 9.06. The third kappa shape index (κ3) is 7.18. The lowest BCUT2D eigenvalue weighted by atomic mass is 10.0. The van der Waals surface area contributed by atoms with Crippen LogP contribution in [0.2, 0.25) is 0 Å². The zero-order valence-electron chi connectivity index (χ0n) is 11.2. The van der Waals surface area contributed by atoms with Gasteiger partial charge in [-0.3, -0.25) is 9.59 Å². The summed E-state index contributed by atoms with van der Waals surface area (Å²) in [7, 11) is 1.59. The number of nitrogens with zero attached hydrogens (tertiary/aromatic N) is 1. The highest BCUT2D eigenvalue weighted by molar-refractivity contribution is 5.87. The summed E-state index contributed by atoms with van der Waals surface area (Å²) in [6.07, 6.45) is 0. The van der Waals surface area contributed by atoms with Crippen molar-refractivity contribution in [2.45, 2.75) is 39.8 Å². The van der Waals surface area contributed by atoms with Crippen LogP contribution in [-0.4, -0.2) is 42.4 Å². The summed E-state index contributed by atoms with van der Waals surface area (Å²) in [4.78, 5) is 24.5. The van der Waals surface area contributed by atoms with Crippen molar-refractivity contribution in [3.8, 4) is 0 Å². The Balaban J connectivity index is 0. The lowest BCUT2D eigenvalue weighted by molar-refractivity contribution is -0.136. The minimum Gasteiger partial charge on any atom is -0.352 e. The van der Waals surface area contributed by atoms with Crippen LogP contribution in [0.4, 0.5) is 0 Å². The van der Waals surface area contributed by atoms with Crippen LogP contribution in [0.5, 0.6) is 0 Å². The number of rotatable bonds is 5. The van der Waals surface area contributed by atoms with Crippen molar-refractivity contribution in [2.24, 2.45) is 11.7 Å². The SMILES string of the molecule is CC(C)NC(=O)CN(C)C(=O)[C@@H](N)C(C)C.Cl. The van der Waals surface area contributed by atoms with Crippen LogP contribution in [0.1, 0.15) is 27.7 Å². The molecule has 0 aliphatic rings. The second-order valence-electron chi connectivity index (χ2n) is 4.69. The van der Waals surface area contributed by atoms with Gasteiger partial charge in [-0.2, -0.15) is 0 Å². The van der Waals surface area contributed by atoms with Crippen molar-refractivity contribution < 1.29 is 9.59 Å². The van der Waals surface area contributed by atoms with Crippen molar-refractivity contribution in [2.75, 3.05) is 13.6 Å². The third-order valence-corrected chi connectivity index (χ3v) is 2.21. The highest BCUT2D eigenvalue weighted by Crippen LogP contribution is 2.01. The van der Waals surface area contributed by atoms with Crippen molar-refractivity contribution in [3.05, 3.63) is 0 Å². The molecule has 3 N–H and O–H groups in total. The summed E-state index contributed by atoms with van der Waals surface area (Å²) >= 11 is 0. The average molecular weight is 266 g/mol. The monoisotopic (exact) mass is 265 g/mol. The van der Waals surface area contributed by atoms with Gasteiger partial charge in [-0.15, -0.1) is 12.4 Å². The first-order chi connectivity index (χ1) is 7.25. The molecule has 6 heteroatoms. The maximum absolute atomic E-state index is 11.7. The quantitative estimate of drug-likeness (QED) is 0.754. The van der Waals surface area contributed by atoms with Gasteiger partial charge >= 0.3 is 0 Å². The van der Waals surface area contributed by atoms with E-state index < -0.39 is 6.04 Å². The fourth-order valence-corrected chi connectivity index (χ4v) is 1.20. The van der Waals surface area contributed by atoms with E-state index in [1.54, 1.807) is 7.05 Å². The fourth-order valence-electron chi connectivity index (χ4n) is 1.20. The van der Waals surface area contributed by atoms with E-state index in [-0.39, 0.29) is 42.7 Å². The first-order valence-electron chi connectivity index (χ1n) is 5.55. The lowest BCUT2D eigenvalue weighted by Gasteiger charge is -2.23. The van der Waals surface area contributed by atoms with Crippen LogP contribution >= 0.6 is 12.4 Å². The molecule has 0 unspecified atom stereocenters. The second kappa shape index (κ2) is 8.31. The van der Waals surface area contributed by atoms with E-state index in [2.05, 4.69) is 5.32 Å². The van der Waals surface area contributed by atoms with E-state index in [1.165, 1.54) is 4.90 Å². The van der Waals surface area contributed by atoms with Gasteiger partial charge in [-0.1, -0.05) is 13.8 Å². The molecule has 0 spiro atoms. The van der Waals surface area contributed by atoms with E-state index in [0.29, 0.717) is 0 Å². The third-order valence-electron chi connectivity index (χ3n) is 2.21.